The predicted molar refractivity (Wildman–Crippen MR) is 96.0 cm³/mol. The fourth-order valence-electron chi connectivity index (χ4n) is 5.53. The zero-order chi connectivity index (χ0) is 16.4. The number of halogens is 1. The molecule has 0 N–H and O–H groups in total. The van der Waals surface area contributed by atoms with Crippen molar-refractivity contribution in [1.29, 1.82) is 0 Å². The molecular weight excluding hydrogens is 299 g/mol. The fraction of sp³-hybridized carbons (Fsp3) is 0.727. The van der Waals surface area contributed by atoms with E-state index in [1.807, 2.05) is 12.1 Å². The van der Waals surface area contributed by atoms with Crippen LogP contribution >= 0.6 is 0 Å². The Bertz CT molecular complexity index is 527. The summed E-state index contributed by atoms with van der Waals surface area (Å²) in [5.41, 5.74) is 1.95. The van der Waals surface area contributed by atoms with E-state index in [9.17, 15) is 4.39 Å². The molecule has 0 saturated heterocycles. The van der Waals surface area contributed by atoms with Gasteiger partial charge in [-0.25, -0.2) is 4.39 Å². The Labute approximate surface area is 146 Å². The van der Waals surface area contributed by atoms with Crippen LogP contribution in [0.4, 0.5) is 4.39 Å². The van der Waals surface area contributed by atoms with Crippen molar-refractivity contribution < 1.29 is 9.13 Å². The van der Waals surface area contributed by atoms with Gasteiger partial charge in [0, 0.05) is 5.56 Å². The van der Waals surface area contributed by atoms with Crippen molar-refractivity contribution in [2.24, 2.45) is 17.8 Å². The van der Waals surface area contributed by atoms with Gasteiger partial charge in [-0.3, -0.25) is 0 Å². The first-order valence-electron chi connectivity index (χ1n) is 10.2. The van der Waals surface area contributed by atoms with Crippen LogP contribution < -0.4 is 4.74 Å². The van der Waals surface area contributed by atoms with Gasteiger partial charge in [0.2, 0.25) is 0 Å². The molecule has 1 atom stereocenters. The second-order valence-corrected chi connectivity index (χ2v) is 8.31. The summed E-state index contributed by atoms with van der Waals surface area (Å²) in [5.74, 6) is 3.53. The number of benzene rings is 1. The van der Waals surface area contributed by atoms with E-state index in [1.165, 1.54) is 63.4 Å². The highest BCUT2D eigenvalue weighted by molar-refractivity contribution is 5.42. The molecule has 24 heavy (non-hydrogen) atoms. The molecule has 0 radical (unpaired) electrons. The summed E-state index contributed by atoms with van der Waals surface area (Å²) in [6.07, 6.45) is 15.2. The summed E-state index contributed by atoms with van der Waals surface area (Å²) in [6.45, 7) is -0.412. The summed E-state index contributed by atoms with van der Waals surface area (Å²) in [6, 6.07) is 5.94. The SMILES string of the molecule is FCc1cccc2c1OC(C1CCC(C3CCCCC3)CC1)CC2. The van der Waals surface area contributed by atoms with Crippen LogP contribution in [0.25, 0.3) is 0 Å². The van der Waals surface area contributed by atoms with Gasteiger partial charge in [-0.2, -0.15) is 0 Å². The average molecular weight is 330 g/mol. The van der Waals surface area contributed by atoms with Gasteiger partial charge < -0.3 is 4.74 Å². The van der Waals surface area contributed by atoms with Crippen molar-refractivity contribution in [2.75, 3.05) is 0 Å². The Morgan fingerprint density at radius 2 is 1.54 bits per heavy atom. The van der Waals surface area contributed by atoms with Crippen LogP contribution in [0, 0.1) is 17.8 Å². The lowest BCUT2D eigenvalue weighted by atomic mass is 9.69. The molecule has 0 amide bonds. The van der Waals surface area contributed by atoms with Gasteiger partial charge in [-0.1, -0.05) is 50.3 Å². The molecule has 2 heteroatoms. The minimum atomic E-state index is -0.412. The quantitative estimate of drug-likeness (QED) is 0.637. The monoisotopic (exact) mass is 330 g/mol. The van der Waals surface area contributed by atoms with E-state index in [-0.39, 0.29) is 0 Å². The predicted octanol–water partition coefficient (Wildman–Crippen LogP) is 6.24. The first kappa shape index (κ1) is 16.4. The Kier molecular flexibility index (Phi) is 5.10. The van der Waals surface area contributed by atoms with Crippen LogP contribution in [-0.2, 0) is 13.1 Å². The number of rotatable bonds is 3. The van der Waals surface area contributed by atoms with Crippen LogP contribution in [0.5, 0.6) is 5.75 Å². The molecule has 1 aromatic rings. The zero-order valence-electron chi connectivity index (χ0n) is 14.8. The van der Waals surface area contributed by atoms with Crippen molar-refractivity contribution in [3.63, 3.8) is 0 Å². The van der Waals surface area contributed by atoms with Crippen LogP contribution in [0.1, 0.15) is 75.3 Å². The average Bonchev–Trinajstić information content (AvgIpc) is 2.68. The van der Waals surface area contributed by atoms with Crippen LogP contribution in [0.2, 0.25) is 0 Å². The Morgan fingerprint density at radius 3 is 2.29 bits per heavy atom. The number of para-hydroxylation sites is 1. The largest absolute Gasteiger partial charge is 0.489 e. The molecule has 132 valence electrons. The normalized spacial score (nSPS) is 31.3. The lowest BCUT2D eigenvalue weighted by Crippen LogP contribution is -2.35. The van der Waals surface area contributed by atoms with E-state index < -0.39 is 6.67 Å². The van der Waals surface area contributed by atoms with Crippen molar-refractivity contribution in [2.45, 2.75) is 83.4 Å². The molecular formula is C22H31FO. The molecule has 2 fully saturated rings. The third-order valence-corrected chi connectivity index (χ3v) is 6.95. The Hall–Kier alpha value is -1.05. The second-order valence-electron chi connectivity index (χ2n) is 8.31. The first-order chi connectivity index (χ1) is 11.8. The highest BCUT2D eigenvalue weighted by Crippen LogP contribution is 2.43. The van der Waals surface area contributed by atoms with Gasteiger partial charge in [-0.15, -0.1) is 0 Å². The van der Waals surface area contributed by atoms with Gasteiger partial charge in [0.25, 0.3) is 0 Å². The lowest BCUT2D eigenvalue weighted by Gasteiger charge is -2.40. The molecule has 1 heterocycles. The number of ether oxygens (including phenoxy) is 1. The van der Waals surface area contributed by atoms with Crippen molar-refractivity contribution in [1.82, 2.24) is 0 Å². The van der Waals surface area contributed by atoms with E-state index in [4.69, 9.17) is 4.74 Å². The first-order valence-corrected chi connectivity index (χ1v) is 10.2. The van der Waals surface area contributed by atoms with E-state index >= 15 is 0 Å². The van der Waals surface area contributed by atoms with Gasteiger partial charge in [0.05, 0.1) is 0 Å². The third kappa shape index (κ3) is 3.34. The van der Waals surface area contributed by atoms with Gasteiger partial charge in [-0.05, 0) is 61.8 Å². The summed E-state index contributed by atoms with van der Waals surface area (Å²) in [7, 11) is 0. The minimum absolute atomic E-state index is 0.317. The van der Waals surface area contributed by atoms with Crippen molar-refractivity contribution in [3.05, 3.63) is 29.3 Å². The molecule has 2 aliphatic carbocycles. The second kappa shape index (κ2) is 7.45. The fourth-order valence-corrected chi connectivity index (χ4v) is 5.53. The molecule has 2 saturated carbocycles. The number of hydrogen-bond donors (Lipinski definition) is 0. The van der Waals surface area contributed by atoms with E-state index in [1.54, 1.807) is 0 Å². The molecule has 4 rings (SSSR count). The van der Waals surface area contributed by atoms with Crippen molar-refractivity contribution >= 4 is 0 Å². The van der Waals surface area contributed by atoms with Gasteiger partial charge in [0.15, 0.2) is 0 Å². The Balaban J connectivity index is 1.36. The molecule has 1 nitrogen and oxygen atoms in total. The van der Waals surface area contributed by atoms with E-state index in [2.05, 4.69) is 6.07 Å². The third-order valence-electron chi connectivity index (χ3n) is 6.95. The van der Waals surface area contributed by atoms with Gasteiger partial charge in [0.1, 0.15) is 18.5 Å². The number of hydrogen-bond acceptors (Lipinski definition) is 1. The van der Waals surface area contributed by atoms with E-state index in [0.717, 1.165) is 36.0 Å². The maximum absolute atomic E-state index is 13.3. The van der Waals surface area contributed by atoms with Gasteiger partial charge >= 0.3 is 0 Å². The summed E-state index contributed by atoms with van der Waals surface area (Å²) < 4.78 is 19.6. The maximum atomic E-state index is 13.3. The lowest BCUT2D eigenvalue weighted by molar-refractivity contribution is 0.0618. The van der Waals surface area contributed by atoms with Crippen LogP contribution in [0.15, 0.2) is 18.2 Å². The number of alkyl halides is 1. The molecule has 1 aliphatic heterocycles. The number of aryl methyl sites for hydroxylation is 1. The maximum Gasteiger partial charge on any atom is 0.128 e. The molecule has 0 aromatic heterocycles. The summed E-state index contributed by atoms with van der Waals surface area (Å²) in [5, 5.41) is 0. The molecule has 1 unspecified atom stereocenters. The Morgan fingerprint density at radius 1 is 0.833 bits per heavy atom. The van der Waals surface area contributed by atoms with E-state index in [0.29, 0.717) is 12.0 Å². The summed E-state index contributed by atoms with van der Waals surface area (Å²) in [4.78, 5) is 0. The summed E-state index contributed by atoms with van der Waals surface area (Å²) >= 11 is 0. The van der Waals surface area contributed by atoms with Crippen molar-refractivity contribution in [3.8, 4) is 5.75 Å². The highest BCUT2D eigenvalue weighted by Gasteiger charge is 2.34. The minimum Gasteiger partial charge on any atom is -0.489 e. The smallest absolute Gasteiger partial charge is 0.128 e. The molecule has 3 aliphatic rings. The number of fused-ring (bicyclic) bond motifs is 1. The zero-order valence-corrected chi connectivity index (χ0v) is 14.8. The standard InChI is InChI=1S/C22H31FO/c23-15-20-8-4-7-19-13-14-21(24-22(19)20)18-11-9-17(10-12-18)16-5-2-1-3-6-16/h4,7-8,16-18,21H,1-3,5-6,9-15H2. The molecule has 0 bridgehead atoms. The molecule has 0 spiro atoms. The molecule has 1 aromatic carbocycles. The topological polar surface area (TPSA) is 9.23 Å². The van der Waals surface area contributed by atoms with Crippen LogP contribution in [-0.4, -0.2) is 6.10 Å². The highest BCUT2D eigenvalue weighted by atomic mass is 19.1. The van der Waals surface area contributed by atoms with Crippen LogP contribution in [0.3, 0.4) is 0 Å².